The van der Waals surface area contributed by atoms with Crippen LogP contribution in [0.5, 0.6) is 0 Å². The number of unbranched alkanes of at least 4 members (excludes halogenated alkanes) is 2. The van der Waals surface area contributed by atoms with Crippen LogP contribution in [0.25, 0.3) is 0 Å². The highest BCUT2D eigenvalue weighted by molar-refractivity contribution is 5.96. The summed E-state index contributed by atoms with van der Waals surface area (Å²) < 4.78 is 0. The molecule has 0 bridgehead atoms. The summed E-state index contributed by atoms with van der Waals surface area (Å²) >= 11 is 0. The van der Waals surface area contributed by atoms with E-state index in [2.05, 4.69) is 24.3 Å². The van der Waals surface area contributed by atoms with E-state index in [1.165, 1.54) is 10.5 Å². The minimum Gasteiger partial charge on any atom is -0.282 e. The number of likely N-dealkylation sites (tertiary alicyclic amines) is 1. The first-order valence-corrected chi connectivity index (χ1v) is 8.60. The van der Waals surface area contributed by atoms with Gasteiger partial charge in [-0.25, -0.2) is 0 Å². The number of hydrogen-bond donors (Lipinski definition) is 0. The SMILES string of the molecule is CCC1CCCN(C(=O)CCCCCc2ccccc2)C1=O. The smallest absolute Gasteiger partial charge is 0.232 e. The Hall–Kier alpha value is -1.64. The quantitative estimate of drug-likeness (QED) is 0.715. The van der Waals surface area contributed by atoms with Gasteiger partial charge in [0.2, 0.25) is 11.8 Å². The number of hydrogen-bond acceptors (Lipinski definition) is 2. The number of imide groups is 1. The highest BCUT2D eigenvalue weighted by Crippen LogP contribution is 2.22. The van der Waals surface area contributed by atoms with E-state index in [4.69, 9.17) is 0 Å². The normalized spacial score (nSPS) is 18.5. The topological polar surface area (TPSA) is 37.4 Å². The van der Waals surface area contributed by atoms with E-state index in [1.807, 2.05) is 13.0 Å². The highest BCUT2D eigenvalue weighted by atomic mass is 16.2. The Balaban J connectivity index is 1.66. The third-order valence-electron chi connectivity index (χ3n) is 4.54. The van der Waals surface area contributed by atoms with Gasteiger partial charge in [0, 0.05) is 18.9 Å². The van der Waals surface area contributed by atoms with E-state index < -0.39 is 0 Å². The molecule has 0 radical (unpaired) electrons. The number of aryl methyl sites for hydroxylation is 1. The molecule has 1 aliphatic heterocycles. The summed E-state index contributed by atoms with van der Waals surface area (Å²) in [7, 11) is 0. The molecule has 1 atom stereocenters. The number of nitrogens with zero attached hydrogens (tertiary/aromatic N) is 1. The van der Waals surface area contributed by atoms with Gasteiger partial charge in [0.1, 0.15) is 0 Å². The van der Waals surface area contributed by atoms with Crippen molar-refractivity contribution in [1.82, 2.24) is 4.90 Å². The summed E-state index contributed by atoms with van der Waals surface area (Å²) in [4.78, 5) is 25.9. The second-order valence-electron chi connectivity index (χ2n) is 6.18. The molecule has 22 heavy (non-hydrogen) atoms. The summed E-state index contributed by atoms with van der Waals surface area (Å²) in [6, 6.07) is 10.4. The van der Waals surface area contributed by atoms with Crippen LogP contribution in [0.2, 0.25) is 0 Å². The first-order valence-electron chi connectivity index (χ1n) is 8.60. The van der Waals surface area contributed by atoms with E-state index in [-0.39, 0.29) is 17.7 Å². The molecule has 0 aromatic heterocycles. The van der Waals surface area contributed by atoms with Gasteiger partial charge in [-0.2, -0.15) is 0 Å². The van der Waals surface area contributed by atoms with E-state index in [1.54, 1.807) is 0 Å². The van der Waals surface area contributed by atoms with Gasteiger partial charge >= 0.3 is 0 Å². The minimum atomic E-state index is 0.0304. The lowest BCUT2D eigenvalue weighted by Crippen LogP contribution is -2.44. The maximum absolute atomic E-state index is 12.2. The molecule has 1 fully saturated rings. The predicted molar refractivity (Wildman–Crippen MR) is 88.3 cm³/mol. The van der Waals surface area contributed by atoms with Crippen molar-refractivity contribution in [1.29, 1.82) is 0 Å². The standard InChI is InChI=1S/C19H27NO2/c1-2-17-13-9-15-20(19(17)22)18(21)14-8-4-7-12-16-10-5-3-6-11-16/h3,5-6,10-11,17H,2,4,7-9,12-15H2,1H3. The lowest BCUT2D eigenvalue weighted by Gasteiger charge is -2.30. The molecule has 1 aliphatic rings. The molecular weight excluding hydrogens is 274 g/mol. The number of benzene rings is 1. The summed E-state index contributed by atoms with van der Waals surface area (Å²) in [6.07, 6.45) is 7.35. The van der Waals surface area contributed by atoms with Crippen LogP contribution in [0.1, 0.15) is 57.4 Å². The molecule has 2 rings (SSSR count). The first kappa shape index (κ1) is 16.7. The van der Waals surface area contributed by atoms with Gasteiger partial charge in [-0.3, -0.25) is 14.5 Å². The van der Waals surface area contributed by atoms with E-state index >= 15 is 0 Å². The molecule has 0 aliphatic carbocycles. The van der Waals surface area contributed by atoms with Gasteiger partial charge < -0.3 is 0 Å². The fraction of sp³-hybridized carbons (Fsp3) is 0.579. The largest absolute Gasteiger partial charge is 0.282 e. The van der Waals surface area contributed by atoms with Gasteiger partial charge in [0.25, 0.3) is 0 Å². The van der Waals surface area contributed by atoms with Crippen LogP contribution in [0.3, 0.4) is 0 Å². The molecule has 1 heterocycles. The number of amides is 2. The van der Waals surface area contributed by atoms with E-state index in [0.717, 1.165) is 44.9 Å². The number of carbonyl (C=O) groups excluding carboxylic acids is 2. The minimum absolute atomic E-state index is 0.0304. The fourth-order valence-electron chi connectivity index (χ4n) is 3.14. The molecule has 3 heteroatoms. The van der Waals surface area contributed by atoms with Crippen molar-refractivity contribution < 1.29 is 9.59 Å². The zero-order valence-electron chi connectivity index (χ0n) is 13.6. The van der Waals surface area contributed by atoms with Crippen LogP contribution >= 0.6 is 0 Å². The number of rotatable bonds is 7. The zero-order valence-corrected chi connectivity index (χ0v) is 13.6. The second-order valence-corrected chi connectivity index (χ2v) is 6.18. The second kappa shape index (κ2) is 8.72. The summed E-state index contributed by atoms with van der Waals surface area (Å²) in [6.45, 7) is 2.65. The van der Waals surface area contributed by atoms with Crippen LogP contribution in [0.4, 0.5) is 0 Å². The number of piperidine rings is 1. The summed E-state index contributed by atoms with van der Waals surface area (Å²) in [5, 5.41) is 0. The highest BCUT2D eigenvalue weighted by Gasteiger charge is 2.30. The van der Waals surface area contributed by atoms with E-state index in [9.17, 15) is 9.59 Å². The summed E-state index contributed by atoms with van der Waals surface area (Å²) in [5.41, 5.74) is 1.35. The predicted octanol–water partition coefficient (Wildman–Crippen LogP) is 3.96. The van der Waals surface area contributed by atoms with Crippen LogP contribution in [-0.2, 0) is 16.0 Å². The molecule has 1 saturated heterocycles. The van der Waals surface area contributed by atoms with Crippen molar-refractivity contribution in [2.24, 2.45) is 5.92 Å². The molecule has 0 saturated carbocycles. The van der Waals surface area contributed by atoms with Crippen LogP contribution in [0.15, 0.2) is 30.3 Å². The zero-order chi connectivity index (χ0) is 15.8. The molecule has 1 aromatic rings. The Morgan fingerprint density at radius 2 is 1.95 bits per heavy atom. The molecule has 3 nitrogen and oxygen atoms in total. The third kappa shape index (κ3) is 4.69. The Morgan fingerprint density at radius 1 is 1.18 bits per heavy atom. The van der Waals surface area contributed by atoms with Crippen molar-refractivity contribution in [3.05, 3.63) is 35.9 Å². The fourth-order valence-corrected chi connectivity index (χ4v) is 3.14. The van der Waals surface area contributed by atoms with Crippen molar-refractivity contribution in [2.75, 3.05) is 6.54 Å². The van der Waals surface area contributed by atoms with E-state index in [0.29, 0.717) is 13.0 Å². The molecule has 1 aromatic carbocycles. The van der Waals surface area contributed by atoms with Gasteiger partial charge in [-0.1, -0.05) is 43.7 Å². The van der Waals surface area contributed by atoms with Gasteiger partial charge in [-0.05, 0) is 44.1 Å². The first-order chi connectivity index (χ1) is 10.7. The molecule has 0 N–H and O–H groups in total. The molecule has 2 amide bonds. The monoisotopic (exact) mass is 301 g/mol. The Bertz CT molecular complexity index is 483. The molecular formula is C19H27NO2. The molecule has 1 unspecified atom stereocenters. The third-order valence-corrected chi connectivity index (χ3v) is 4.54. The van der Waals surface area contributed by atoms with Crippen LogP contribution < -0.4 is 0 Å². The van der Waals surface area contributed by atoms with Crippen LogP contribution in [-0.4, -0.2) is 23.3 Å². The molecule has 0 spiro atoms. The molecule has 120 valence electrons. The lowest BCUT2D eigenvalue weighted by atomic mass is 9.94. The van der Waals surface area contributed by atoms with Gasteiger partial charge in [-0.15, -0.1) is 0 Å². The average Bonchev–Trinajstić information content (AvgIpc) is 2.55. The van der Waals surface area contributed by atoms with Gasteiger partial charge in [0.15, 0.2) is 0 Å². The van der Waals surface area contributed by atoms with Gasteiger partial charge in [0.05, 0.1) is 0 Å². The van der Waals surface area contributed by atoms with Crippen molar-refractivity contribution >= 4 is 11.8 Å². The summed E-state index contributed by atoms with van der Waals surface area (Å²) in [5.74, 6) is 0.154. The maximum Gasteiger partial charge on any atom is 0.232 e. The van der Waals surface area contributed by atoms with Crippen molar-refractivity contribution in [3.8, 4) is 0 Å². The maximum atomic E-state index is 12.2. The Labute approximate surface area is 133 Å². The van der Waals surface area contributed by atoms with Crippen LogP contribution in [0, 0.1) is 5.92 Å². The lowest BCUT2D eigenvalue weighted by molar-refractivity contribution is -0.150. The average molecular weight is 301 g/mol. The Kier molecular flexibility index (Phi) is 6.63. The van der Waals surface area contributed by atoms with Crippen molar-refractivity contribution in [2.45, 2.75) is 58.3 Å². The number of carbonyl (C=O) groups is 2. The Morgan fingerprint density at radius 3 is 2.68 bits per heavy atom. The van der Waals surface area contributed by atoms with Crippen molar-refractivity contribution in [3.63, 3.8) is 0 Å².